The summed E-state index contributed by atoms with van der Waals surface area (Å²) in [6, 6.07) is 7.29. The molecule has 1 aliphatic heterocycles. The van der Waals surface area contributed by atoms with E-state index < -0.39 is 0 Å². The second-order valence-electron chi connectivity index (χ2n) is 8.60. The largest absolute Gasteiger partial charge is 0.147 e. The molecule has 3 rings (SSSR count). The van der Waals surface area contributed by atoms with Crippen molar-refractivity contribution in [3.8, 4) is 0 Å². The van der Waals surface area contributed by atoms with Crippen molar-refractivity contribution in [3.63, 3.8) is 0 Å². The van der Waals surface area contributed by atoms with Gasteiger partial charge in [0.15, 0.2) is 0 Å². The van der Waals surface area contributed by atoms with Crippen LogP contribution in [0.15, 0.2) is 18.2 Å². The number of thioether (sulfide) groups is 2. The molecule has 0 N–H and O–H groups in total. The summed E-state index contributed by atoms with van der Waals surface area (Å²) in [6.45, 7) is 6.94. The van der Waals surface area contributed by atoms with Crippen LogP contribution in [-0.4, -0.2) is 16.1 Å². The monoisotopic (exact) mass is 390 g/mol. The van der Waals surface area contributed by atoms with Gasteiger partial charge in [0.2, 0.25) is 0 Å². The summed E-state index contributed by atoms with van der Waals surface area (Å²) < 4.78 is 0.891. The van der Waals surface area contributed by atoms with Crippen LogP contribution in [-0.2, 0) is 6.42 Å². The molecule has 0 spiro atoms. The summed E-state index contributed by atoms with van der Waals surface area (Å²) in [5.41, 5.74) is 4.71. The average molecular weight is 391 g/mol. The number of benzene rings is 1. The Morgan fingerprint density at radius 2 is 1.69 bits per heavy atom. The van der Waals surface area contributed by atoms with Crippen LogP contribution in [0.2, 0.25) is 0 Å². The Bertz CT molecular complexity index is 537. The molecule has 0 unspecified atom stereocenters. The van der Waals surface area contributed by atoms with Crippen molar-refractivity contribution < 1.29 is 0 Å². The molecular weight excluding hydrogens is 352 g/mol. The van der Waals surface area contributed by atoms with Crippen LogP contribution in [0.3, 0.4) is 0 Å². The van der Waals surface area contributed by atoms with E-state index in [1.54, 1.807) is 11.1 Å². The van der Waals surface area contributed by atoms with Crippen LogP contribution >= 0.6 is 23.5 Å². The molecule has 2 aliphatic rings. The SMILES string of the molecule is CCCCC1CSC(C2CCC(c3ccc(CCC)cc3C)CC2)SC1. The van der Waals surface area contributed by atoms with Crippen molar-refractivity contribution in [2.24, 2.45) is 11.8 Å². The normalized spacial score (nSPS) is 29.7. The van der Waals surface area contributed by atoms with Crippen molar-refractivity contribution in [2.75, 3.05) is 11.5 Å². The molecule has 1 aliphatic carbocycles. The van der Waals surface area contributed by atoms with Crippen LogP contribution in [0.4, 0.5) is 0 Å². The first-order valence-electron chi connectivity index (χ1n) is 11.0. The van der Waals surface area contributed by atoms with Crippen LogP contribution < -0.4 is 0 Å². The first kappa shape index (κ1) is 20.6. The lowest BCUT2D eigenvalue weighted by atomic mass is 9.78. The highest BCUT2D eigenvalue weighted by Gasteiger charge is 2.32. The van der Waals surface area contributed by atoms with Gasteiger partial charge < -0.3 is 0 Å². The molecule has 0 aromatic heterocycles. The Morgan fingerprint density at radius 1 is 0.962 bits per heavy atom. The Balaban J connectivity index is 1.47. The third kappa shape index (κ3) is 5.47. The van der Waals surface area contributed by atoms with E-state index in [0.29, 0.717) is 0 Å². The summed E-state index contributed by atoms with van der Waals surface area (Å²) in [5.74, 6) is 5.62. The zero-order chi connectivity index (χ0) is 18.4. The average Bonchev–Trinajstić information content (AvgIpc) is 2.67. The third-order valence-corrected chi connectivity index (χ3v) is 10.00. The van der Waals surface area contributed by atoms with Gasteiger partial charge >= 0.3 is 0 Å². The van der Waals surface area contributed by atoms with Crippen LogP contribution in [0.5, 0.6) is 0 Å². The number of aryl methyl sites for hydroxylation is 2. The molecule has 0 radical (unpaired) electrons. The standard InChI is InChI=1S/C24H38S2/c1-4-6-8-20-16-25-24(26-17-20)22-12-10-21(11-13-22)23-14-9-19(7-5-2)15-18(23)3/h9,14-15,20-22,24H,4-8,10-13,16-17H2,1-3H3. The van der Waals surface area contributed by atoms with E-state index in [-0.39, 0.29) is 0 Å². The lowest BCUT2D eigenvalue weighted by molar-refractivity contribution is 0.342. The Hall–Kier alpha value is -0.0800. The lowest BCUT2D eigenvalue weighted by Gasteiger charge is -2.37. The number of hydrogen-bond acceptors (Lipinski definition) is 2. The molecule has 1 aromatic carbocycles. The number of unbranched alkanes of at least 4 members (excludes halogenated alkanes) is 1. The summed E-state index contributed by atoms with van der Waals surface area (Å²) in [5, 5.41) is 0. The Kier molecular flexibility index (Phi) is 8.31. The van der Waals surface area contributed by atoms with Crippen LogP contribution in [0.1, 0.15) is 87.8 Å². The van der Waals surface area contributed by atoms with Gasteiger partial charge in [-0.1, -0.05) is 51.3 Å². The first-order chi connectivity index (χ1) is 12.7. The highest BCUT2D eigenvalue weighted by Crippen LogP contribution is 2.47. The van der Waals surface area contributed by atoms with Gasteiger partial charge in [-0.2, -0.15) is 0 Å². The quantitative estimate of drug-likeness (QED) is 0.465. The van der Waals surface area contributed by atoms with E-state index in [1.165, 1.54) is 74.9 Å². The number of hydrogen-bond donors (Lipinski definition) is 0. The summed E-state index contributed by atoms with van der Waals surface area (Å²) >= 11 is 4.60. The van der Waals surface area contributed by atoms with E-state index in [1.807, 2.05) is 0 Å². The van der Waals surface area contributed by atoms with E-state index in [2.05, 4.69) is 62.5 Å². The van der Waals surface area contributed by atoms with Gasteiger partial charge in [0, 0.05) is 0 Å². The Labute approximate surface area is 170 Å². The fourth-order valence-electron chi connectivity index (χ4n) is 4.83. The van der Waals surface area contributed by atoms with Crippen LogP contribution in [0, 0.1) is 18.8 Å². The summed E-state index contributed by atoms with van der Waals surface area (Å²) in [4.78, 5) is 0. The molecule has 2 heteroatoms. The zero-order valence-electron chi connectivity index (χ0n) is 17.1. The minimum Gasteiger partial charge on any atom is -0.147 e. The van der Waals surface area contributed by atoms with Crippen LogP contribution in [0.25, 0.3) is 0 Å². The molecule has 0 bridgehead atoms. The topological polar surface area (TPSA) is 0 Å². The lowest BCUT2D eigenvalue weighted by Crippen LogP contribution is -2.26. The fraction of sp³-hybridized carbons (Fsp3) is 0.750. The van der Waals surface area contributed by atoms with E-state index in [0.717, 1.165) is 22.3 Å². The molecule has 146 valence electrons. The van der Waals surface area contributed by atoms with Gasteiger partial charge in [-0.05, 0) is 91.4 Å². The molecule has 0 amide bonds. The molecule has 0 nitrogen and oxygen atoms in total. The molecule has 1 saturated carbocycles. The highest BCUT2D eigenvalue weighted by molar-refractivity contribution is 8.17. The molecule has 2 fully saturated rings. The van der Waals surface area contributed by atoms with Crippen molar-refractivity contribution in [1.29, 1.82) is 0 Å². The van der Waals surface area contributed by atoms with E-state index in [9.17, 15) is 0 Å². The van der Waals surface area contributed by atoms with Crippen molar-refractivity contribution >= 4 is 23.5 Å². The first-order valence-corrected chi connectivity index (χ1v) is 13.1. The smallest absolute Gasteiger partial charge is 0.0530 e. The van der Waals surface area contributed by atoms with Gasteiger partial charge in [0.05, 0.1) is 4.58 Å². The van der Waals surface area contributed by atoms with Gasteiger partial charge in [-0.15, -0.1) is 23.5 Å². The van der Waals surface area contributed by atoms with Gasteiger partial charge in [-0.3, -0.25) is 0 Å². The van der Waals surface area contributed by atoms with Crippen molar-refractivity contribution in [2.45, 2.75) is 89.1 Å². The summed E-state index contributed by atoms with van der Waals surface area (Å²) in [7, 11) is 0. The van der Waals surface area contributed by atoms with E-state index in [4.69, 9.17) is 0 Å². The molecule has 0 atom stereocenters. The maximum Gasteiger partial charge on any atom is 0.0530 e. The second kappa shape index (κ2) is 10.5. The van der Waals surface area contributed by atoms with E-state index >= 15 is 0 Å². The van der Waals surface area contributed by atoms with Gasteiger partial charge in [0.25, 0.3) is 0 Å². The Morgan fingerprint density at radius 3 is 2.31 bits per heavy atom. The molecular formula is C24H38S2. The highest BCUT2D eigenvalue weighted by atomic mass is 32.2. The summed E-state index contributed by atoms with van der Waals surface area (Å²) in [6.07, 6.45) is 12.4. The van der Waals surface area contributed by atoms with Gasteiger partial charge in [-0.25, -0.2) is 0 Å². The third-order valence-electron chi connectivity index (χ3n) is 6.43. The van der Waals surface area contributed by atoms with Crippen molar-refractivity contribution in [3.05, 3.63) is 34.9 Å². The predicted molar refractivity (Wildman–Crippen MR) is 122 cm³/mol. The molecule has 26 heavy (non-hydrogen) atoms. The molecule has 1 heterocycles. The second-order valence-corrected chi connectivity index (χ2v) is 11.2. The predicted octanol–water partition coefficient (Wildman–Crippen LogP) is 7.83. The number of rotatable bonds is 7. The zero-order valence-corrected chi connectivity index (χ0v) is 18.8. The van der Waals surface area contributed by atoms with Crippen molar-refractivity contribution in [1.82, 2.24) is 0 Å². The fourth-order valence-corrected chi connectivity index (χ4v) is 8.42. The minimum atomic E-state index is 0.817. The molecule has 1 saturated heterocycles. The maximum absolute atomic E-state index is 2.45. The maximum atomic E-state index is 2.45. The van der Waals surface area contributed by atoms with Gasteiger partial charge in [0.1, 0.15) is 0 Å². The molecule has 1 aromatic rings. The minimum absolute atomic E-state index is 0.817.